The average molecular weight is 334 g/mol. The first-order valence-electron chi connectivity index (χ1n) is 7.13. The number of alkyl halides is 3. The molecule has 1 aromatic carbocycles. The van der Waals surface area contributed by atoms with E-state index in [-0.39, 0.29) is 22.5 Å². The van der Waals surface area contributed by atoms with Gasteiger partial charge in [-0.15, -0.1) is 0 Å². The standard InChI is InChI=1S/C17H13F3N2O2/c1-11-10-14(23)22-9-5-8-13(16(22)21-11)24-15(17(18,19)20)12-6-3-2-4-7-12/h2-10,15H,1H3. The zero-order chi connectivity index (χ0) is 17.3. The molecule has 124 valence electrons. The maximum atomic E-state index is 13.4. The molecule has 3 aromatic rings. The Morgan fingerprint density at radius 1 is 1.12 bits per heavy atom. The molecule has 0 spiro atoms. The van der Waals surface area contributed by atoms with Crippen LogP contribution >= 0.6 is 0 Å². The minimum absolute atomic E-state index is 0.0259. The zero-order valence-corrected chi connectivity index (χ0v) is 12.6. The molecule has 0 aliphatic rings. The Morgan fingerprint density at radius 3 is 2.50 bits per heavy atom. The Hall–Kier alpha value is -2.83. The maximum absolute atomic E-state index is 13.4. The van der Waals surface area contributed by atoms with Crippen molar-refractivity contribution in [1.82, 2.24) is 9.38 Å². The summed E-state index contributed by atoms with van der Waals surface area (Å²) in [7, 11) is 0. The molecule has 0 fully saturated rings. The molecular weight excluding hydrogens is 321 g/mol. The van der Waals surface area contributed by atoms with Crippen LogP contribution in [-0.4, -0.2) is 15.6 Å². The van der Waals surface area contributed by atoms with Gasteiger partial charge in [0.1, 0.15) is 0 Å². The van der Waals surface area contributed by atoms with E-state index >= 15 is 0 Å². The summed E-state index contributed by atoms with van der Waals surface area (Å²) >= 11 is 0. The summed E-state index contributed by atoms with van der Waals surface area (Å²) in [4.78, 5) is 16.1. The third-order valence-corrected chi connectivity index (χ3v) is 3.43. The molecule has 7 heteroatoms. The normalized spacial score (nSPS) is 13.0. The van der Waals surface area contributed by atoms with Gasteiger partial charge in [-0.05, 0) is 19.1 Å². The van der Waals surface area contributed by atoms with Gasteiger partial charge in [-0.25, -0.2) is 4.98 Å². The number of hydrogen-bond donors (Lipinski definition) is 0. The van der Waals surface area contributed by atoms with Gasteiger partial charge >= 0.3 is 6.18 Å². The van der Waals surface area contributed by atoms with Gasteiger partial charge in [0.25, 0.3) is 5.56 Å². The first-order chi connectivity index (χ1) is 11.4. The summed E-state index contributed by atoms with van der Waals surface area (Å²) in [5, 5.41) is 0. The summed E-state index contributed by atoms with van der Waals surface area (Å²) in [5.41, 5.74) is 0.0419. The van der Waals surface area contributed by atoms with Gasteiger partial charge in [0, 0.05) is 23.5 Å². The second kappa shape index (κ2) is 5.99. The van der Waals surface area contributed by atoms with E-state index in [1.165, 1.54) is 48.7 Å². The number of benzene rings is 1. The number of rotatable bonds is 3. The van der Waals surface area contributed by atoms with Crippen LogP contribution in [-0.2, 0) is 0 Å². The van der Waals surface area contributed by atoms with Crippen LogP contribution in [0.3, 0.4) is 0 Å². The smallest absolute Gasteiger partial charge is 0.429 e. The van der Waals surface area contributed by atoms with Crippen LogP contribution in [0.25, 0.3) is 5.65 Å². The second-order valence-corrected chi connectivity index (χ2v) is 5.25. The van der Waals surface area contributed by atoms with E-state index in [1.54, 1.807) is 13.0 Å². The molecule has 0 amide bonds. The van der Waals surface area contributed by atoms with Crippen molar-refractivity contribution in [2.75, 3.05) is 0 Å². The van der Waals surface area contributed by atoms with Crippen LogP contribution in [0.2, 0.25) is 0 Å². The quantitative estimate of drug-likeness (QED) is 0.734. The van der Waals surface area contributed by atoms with E-state index in [2.05, 4.69) is 4.98 Å². The van der Waals surface area contributed by atoms with Gasteiger partial charge < -0.3 is 4.74 Å². The van der Waals surface area contributed by atoms with Gasteiger partial charge in [0.15, 0.2) is 11.4 Å². The fourth-order valence-corrected chi connectivity index (χ4v) is 2.39. The molecule has 2 heterocycles. The number of nitrogens with zero attached hydrogens (tertiary/aromatic N) is 2. The van der Waals surface area contributed by atoms with Gasteiger partial charge in [-0.3, -0.25) is 9.20 Å². The van der Waals surface area contributed by atoms with Crippen molar-refractivity contribution >= 4 is 5.65 Å². The molecule has 0 bridgehead atoms. The molecular formula is C17H13F3N2O2. The highest BCUT2D eigenvalue weighted by atomic mass is 19.4. The Bertz CT molecular complexity index is 921. The maximum Gasteiger partial charge on any atom is 0.429 e. The van der Waals surface area contributed by atoms with Gasteiger partial charge in [0.2, 0.25) is 6.10 Å². The van der Waals surface area contributed by atoms with Crippen molar-refractivity contribution in [1.29, 1.82) is 0 Å². The lowest BCUT2D eigenvalue weighted by molar-refractivity contribution is -0.197. The Morgan fingerprint density at radius 2 is 1.83 bits per heavy atom. The Kier molecular flexibility index (Phi) is 4.01. The molecule has 0 aliphatic carbocycles. The minimum atomic E-state index is -4.61. The number of pyridine rings is 1. The molecule has 24 heavy (non-hydrogen) atoms. The predicted molar refractivity (Wildman–Crippen MR) is 82.1 cm³/mol. The molecule has 4 nitrogen and oxygen atoms in total. The molecule has 0 radical (unpaired) electrons. The Balaban J connectivity index is 2.12. The average Bonchev–Trinajstić information content (AvgIpc) is 2.52. The number of halogens is 3. The molecule has 0 saturated carbocycles. The Labute approximate surface area is 135 Å². The number of hydrogen-bond acceptors (Lipinski definition) is 3. The summed E-state index contributed by atoms with van der Waals surface area (Å²) < 4.78 is 46.7. The fourth-order valence-electron chi connectivity index (χ4n) is 2.39. The molecule has 3 rings (SSSR count). The van der Waals surface area contributed by atoms with E-state index in [4.69, 9.17) is 4.74 Å². The van der Waals surface area contributed by atoms with Crippen LogP contribution in [0.5, 0.6) is 5.75 Å². The molecule has 0 N–H and O–H groups in total. The summed E-state index contributed by atoms with van der Waals surface area (Å²) in [6.45, 7) is 1.59. The predicted octanol–water partition coefficient (Wildman–Crippen LogP) is 3.69. The van der Waals surface area contributed by atoms with Crippen molar-refractivity contribution in [2.45, 2.75) is 19.2 Å². The van der Waals surface area contributed by atoms with Gasteiger partial charge in [0.05, 0.1) is 0 Å². The molecule has 0 aliphatic heterocycles. The lowest BCUT2D eigenvalue weighted by Crippen LogP contribution is -2.26. The van der Waals surface area contributed by atoms with Gasteiger partial charge in [-0.2, -0.15) is 13.2 Å². The molecule has 1 unspecified atom stereocenters. The first kappa shape index (κ1) is 16.0. The second-order valence-electron chi connectivity index (χ2n) is 5.25. The lowest BCUT2D eigenvalue weighted by Gasteiger charge is -2.22. The van der Waals surface area contributed by atoms with Crippen LogP contribution in [0.4, 0.5) is 13.2 Å². The monoisotopic (exact) mass is 334 g/mol. The highest BCUT2D eigenvalue weighted by molar-refractivity contribution is 5.53. The third kappa shape index (κ3) is 3.10. The number of fused-ring (bicyclic) bond motifs is 1. The SMILES string of the molecule is Cc1cc(=O)n2cccc(OC(c3ccccc3)C(F)(F)F)c2n1. The highest BCUT2D eigenvalue weighted by Gasteiger charge is 2.43. The number of aromatic nitrogens is 2. The molecule has 1 atom stereocenters. The molecule has 2 aromatic heterocycles. The third-order valence-electron chi connectivity index (χ3n) is 3.43. The van der Waals surface area contributed by atoms with Crippen LogP contribution < -0.4 is 10.3 Å². The van der Waals surface area contributed by atoms with Crippen molar-refractivity contribution in [3.8, 4) is 5.75 Å². The van der Waals surface area contributed by atoms with E-state index in [0.29, 0.717) is 5.69 Å². The summed E-state index contributed by atoms with van der Waals surface area (Å²) in [6.07, 6.45) is -5.33. The van der Waals surface area contributed by atoms with Gasteiger partial charge in [-0.1, -0.05) is 30.3 Å². The zero-order valence-electron chi connectivity index (χ0n) is 12.6. The number of aryl methyl sites for hydroxylation is 1. The van der Waals surface area contributed by atoms with Crippen molar-refractivity contribution < 1.29 is 17.9 Å². The largest absolute Gasteiger partial charge is 0.472 e. The van der Waals surface area contributed by atoms with Crippen LogP contribution in [0.1, 0.15) is 17.4 Å². The van der Waals surface area contributed by atoms with Crippen molar-refractivity contribution in [3.63, 3.8) is 0 Å². The van der Waals surface area contributed by atoms with E-state index in [9.17, 15) is 18.0 Å². The van der Waals surface area contributed by atoms with Crippen molar-refractivity contribution in [3.05, 3.63) is 76.3 Å². The van der Waals surface area contributed by atoms with E-state index < -0.39 is 12.3 Å². The fraction of sp³-hybridized carbons (Fsp3) is 0.176. The van der Waals surface area contributed by atoms with Crippen LogP contribution in [0.15, 0.2) is 59.5 Å². The lowest BCUT2D eigenvalue weighted by atomic mass is 10.1. The van der Waals surface area contributed by atoms with Crippen molar-refractivity contribution in [2.24, 2.45) is 0 Å². The van der Waals surface area contributed by atoms with E-state index in [1.807, 2.05) is 0 Å². The van der Waals surface area contributed by atoms with Crippen LogP contribution in [0, 0.1) is 6.92 Å². The topological polar surface area (TPSA) is 43.6 Å². The van der Waals surface area contributed by atoms with E-state index in [0.717, 1.165) is 4.40 Å². The minimum Gasteiger partial charge on any atom is -0.472 e. The summed E-state index contributed by atoms with van der Waals surface area (Å²) in [5.74, 6) is -0.107. The summed E-state index contributed by atoms with van der Waals surface area (Å²) in [6, 6.07) is 11.4. The number of ether oxygens (including phenoxy) is 1. The first-order valence-corrected chi connectivity index (χ1v) is 7.13. The molecule has 0 saturated heterocycles. The highest BCUT2D eigenvalue weighted by Crippen LogP contribution is 2.37.